The SMILES string of the molecule is CCCCC1CCc2ccccc2C1=O. The van der Waals surface area contributed by atoms with E-state index in [0.29, 0.717) is 11.7 Å². The van der Waals surface area contributed by atoms with E-state index < -0.39 is 0 Å². The Morgan fingerprint density at radius 2 is 2.13 bits per heavy atom. The van der Waals surface area contributed by atoms with Crippen molar-refractivity contribution in [3.63, 3.8) is 0 Å². The van der Waals surface area contributed by atoms with Gasteiger partial charge in [0.05, 0.1) is 0 Å². The van der Waals surface area contributed by atoms with E-state index in [0.717, 1.165) is 24.8 Å². The molecule has 0 bridgehead atoms. The Balaban J connectivity index is 2.15. The molecule has 2 rings (SSSR count). The smallest absolute Gasteiger partial charge is 0.166 e. The Hall–Kier alpha value is -1.11. The minimum atomic E-state index is 0.292. The molecule has 0 spiro atoms. The van der Waals surface area contributed by atoms with E-state index in [4.69, 9.17) is 0 Å². The summed E-state index contributed by atoms with van der Waals surface area (Å²) in [6, 6.07) is 8.07. The molecule has 1 aliphatic rings. The number of rotatable bonds is 3. The monoisotopic (exact) mass is 202 g/mol. The van der Waals surface area contributed by atoms with Crippen molar-refractivity contribution in [1.82, 2.24) is 0 Å². The predicted octanol–water partition coefficient (Wildman–Crippen LogP) is 3.62. The Bertz CT molecular complexity index is 354. The van der Waals surface area contributed by atoms with E-state index in [9.17, 15) is 4.79 Å². The van der Waals surface area contributed by atoms with Crippen LogP contribution < -0.4 is 0 Å². The fraction of sp³-hybridized carbons (Fsp3) is 0.500. The number of aryl methyl sites for hydroxylation is 1. The van der Waals surface area contributed by atoms with Gasteiger partial charge in [0, 0.05) is 11.5 Å². The van der Waals surface area contributed by atoms with Crippen molar-refractivity contribution < 1.29 is 4.79 Å². The maximum atomic E-state index is 12.1. The summed E-state index contributed by atoms with van der Waals surface area (Å²) in [4.78, 5) is 12.1. The van der Waals surface area contributed by atoms with Crippen LogP contribution in [0, 0.1) is 5.92 Å². The Morgan fingerprint density at radius 3 is 2.93 bits per heavy atom. The van der Waals surface area contributed by atoms with Gasteiger partial charge in [0.1, 0.15) is 0 Å². The summed E-state index contributed by atoms with van der Waals surface area (Å²) in [6.07, 6.45) is 5.57. The van der Waals surface area contributed by atoms with Crippen molar-refractivity contribution in [3.05, 3.63) is 35.4 Å². The zero-order valence-electron chi connectivity index (χ0n) is 9.33. The number of hydrogen-bond acceptors (Lipinski definition) is 1. The number of fused-ring (bicyclic) bond motifs is 1. The molecular weight excluding hydrogens is 184 g/mol. The molecule has 0 aliphatic heterocycles. The normalized spacial score (nSPS) is 20.1. The molecule has 80 valence electrons. The minimum Gasteiger partial charge on any atom is -0.294 e. The maximum Gasteiger partial charge on any atom is 0.166 e. The lowest BCUT2D eigenvalue weighted by Crippen LogP contribution is -2.22. The highest BCUT2D eigenvalue weighted by Gasteiger charge is 2.25. The van der Waals surface area contributed by atoms with Crippen LogP contribution in [0.2, 0.25) is 0 Å². The first-order valence-corrected chi connectivity index (χ1v) is 5.95. The van der Waals surface area contributed by atoms with Gasteiger partial charge in [0.15, 0.2) is 5.78 Å². The van der Waals surface area contributed by atoms with Crippen LogP contribution in [-0.4, -0.2) is 5.78 Å². The van der Waals surface area contributed by atoms with Crippen molar-refractivity contribution >= 4 is 5.78 Å². The third-order valence-electron chi connectivity index (χ3n) is 3.32. The lowest BCUT2D eigenvalue weighted by Gasteiger charge is -2.22. The molecule has 1 aliphatic carbocycles. The third kappa shape index (κ3) is 2.11. The molecule has 0 fully saturated rings. The van der Waals surface area contributed by atoms with Gasteiger partial charge in [-0.05, 0) is 24.8 Å². The standard InChI is InChI=1S/C14H18O/c1-2-3-6-12-10-9-11-7-4-5-8-13(11)14(12)15/h4-5,7-8,12H,2-3,6,9-10H2,1H3. The molecule has 15 heavy (non-hydrogen) atoms. The van der Waals surface area contributed by atoms with E-state index in [1.54, 1.807) is 0 Å². The second-order valence-electron chi connectivity index (χ2n) is 4.40. The van der Waals surface area contributed by atoms with Crippen molar-refractivity contribution in [1.29, 1.82) is 0 Å². The van der Waals surface area contributed by atoms with E-state index >= 15 is 0 Å². The first-order chi connectivity index (χ1) is 7.33. The molecule has 1 aromatic rings. The van der Waals surface area contributed by atoms with Crippen molar-refractivity contribution in [2.75, 3.05) is 0 Å². The van der Waals surface area contributed by atoms with Crippen LogP contribution in [0.3, 0.4) is 0 Å². The molecule has 0 aromatic heterocycles. The number of Topliss-reactive ketones (excluding diaryl/α,β-unsaturated/α-hetero) is 1. The first-order valence-electron chi connectivity index (χ1n) is 5.95. The summed E-state index contributed by atoms with van der Waals surface area (Å²) in [5.41, 5.74) is 2.22. The second kappa shape index (κ2) is 4.61. The van der Waals surface area contributed by atoms with Gasteiger partial charge in [0.2, 0.25) is 0 Å². The summed E-state index contributed by atoms with van der Waals surface area (Å²) in [5, 5.41) is 0. The van der Waals surface area contributed by atoms with Crippen molar-refractivity contribution in [2.45, 2.75) is 39.0 Å². The van der Waals surface area contributed by atoms with Gasteiger partial charge >= 0.3 is 0 Å². The largest absolute Gasteiger partial charge is 0.294 e. The molecule has 0 radical (unpaired) electrons. The van der Waals surface area contributed by atoms with Gasteiger partial charge in [-0.3, -0.25) is 4.79 Å². The van der Waals surface area contributed by atoms with Gasteiger partial charge in [-0.25, -0.2) is 0 Å². The van der Waals surface area contributed by atoms with Crippen LogP contribution in [0.15, 0.2) is 24.3 Å². The minimum absolute atomic E-state index is 0.292. The maximum absolute atomic E-state index is 12.1. The van der Waals surface area contributed by atoms with E-state index in [1.807, 2.05) is 18.2 Å². The van der Waals surface area contributed by atoms with Gasteiger partial charge in [-0.2, -0.15) is 0 Å². The second-order valence-corrected chi connectivity index (χ2v) is 4.40. The molecule has 0 saturated heterocycles. The van der Waals surface area contributed by atoms with Gasteiger partial charge in [-0.1, -0.05) is 44.0 Å². The molecular formula is C14H18O. The molecule has 0 amide bonds. The summed E-state index contributed by atoms with van der Waals surface area (Å²) >= 11 is 0. The Kier molecular flexibility index (Phi) is 3.20. The van der Waals surface area contributed by atoms with Gasteiger partial charge < -0.3 is 0 Å². The number of hydrogen-bond donors (Lipinski definition) is 0. The molecule has 1 atom stereocenters. The van der Waals surface area contributed by atoms with Crippen LogP contribution in [0.25, 0.3) is 0 Å². The van der Waals surface area contributed by atoms with E-state index in [2.05, 4.69) is 13.0 Å². The highest BCUT2D eigenvalue weighted by molar-refractivity contribution is 6.00. The lowest BCUT2D eigenvalue weighted by molar-refractivity contribution is 0.0893. The third-order valence-corrected chi connectivity index (χ3v) is 3.32. The van der Waals surface area contributed by atoms with Crippen LogP contribution in [-0.2, 0) is 6.42 Å². The average molecular weight is 202 g/mol. The summed E-state index contributed by atoms with van der Waals surface area (Å²) in [5.74, 6) is 0.671. The number of benzene rings is 1. The van der Waals surface area contributed by atoms with Crippen molar-refractivity contribution in [2.24, 2.45) is 5.92 Å². The predicted molar refractivity (Wildman–Crippen MR) is 62.1 cm³/mol. The Labute approximate surface area is 91.5 Å². The molecule has 1 nitrogen and oxygen atoms in total. The van der Waals surface area contributed by atoms with E-state index in [1.165, 1.54) is 18.4 Å². The highest BCUT2D eigenvalue weighted by atomic mass is 16.1. The molecule has 0 saturated carbocycles. The highest BCUT2D eigenvalue weighted by Crippen LogP contribution is 2.28. The lowest BCUT2D eigenvalue weighted by atomic mass is 9.80. The van der Waals surface area contributed by atoms with Crippen LogP contribution in [0.1, 0.15) is 48.5 Å². The van der Waals surface area contributed by atoms with Crippen LogP contribution >= 0.6 is 0 Å². The zero-order chi connectivity index (χ0) is 10.7. The number of carbonyl (C=O) groups excluding carboxylic acids is 1. The van der Waals surface area contributed by atoms with Crippen LogP contribution in [0.5, 0.6) is 0 Å². The number of unbranched alkanes of at least 4 members (excludes halogenated alkanes) is 1. The van der Waals surface area contributed by atoms with Crippen LogP contribution in [0.4, 0.5) is 0 Å². The fourth-order valence-electron chi connectivity index (χ4n) is 2.39. The first kappa shape index (κ1) is 10.4. The quantitative estimate of drug-likeness (QED) is 0.731. The number of carbonyl (C=O) groups is 1. The summed E-state index contributed by atoms with van der Waals surface area (Å²) in [6.45, 7) is 2.18. The molecule has 1 aromatic carbocycles. The molecule has 1 unspecified atom stereocenters. The summed E-state index contributed by atoms with van der Waals surface area (Å²) in [7, 11) is 0. The number of ketones is 1. The molecule has 0 N–H and O–H groups in total. The zero-order valence-corrected chi connectivity index (χ0v) is 9.33. The average Bonchev–Trinajstić information content (AvgIpc) is 2.29. The molecule has 1 heteroatoms. The van der Waals surface area contributed by atoms with Gasteiger partial charge in [-0.15, -0.1) is 0 Å². The van der Waals surface area contributed by atoms with Crippen molar-refractivity contribution in [3.8, 4) is 0 Å². The van der Waals surface area contributed by atoms with E-state index in [-0.39, 0.29) is 0 Å². The molecule has 0 heterocycles. The topological polar surface area (TPSA) is 17.1 Å². The Morgan fingerprint density at radius 1 is 1.33 bits per heavy atom. The summed E-state index contributed by atoms with van der Waals surface area (Å²) < 4.78 is 0. The fourth-order valence-corrected chi connectivity index (χ4v) is 2.39. The van der Waals surface area contributed by atoms with Gasteiger partial charge in [0.25, 0.3) is 0 Å².